The van der Waals surface area contributed by atoms with Crippen LogP contribution in [0.15, 0.2) is 42.9 Å². The van der Waals surface area contributed by atoms with Gasteiger partial charge in [0.1, 0.15) is 5.52 Å². The van der Waals surface area contributed by atoms with Gasteiger partial charge >= 0.3 is 5.97 Å². The first-order valence-electron chi connectivity index (χ1n) is 6.56. The van der Waals surface area contributed by atoms with Gasteiger partial charge in [0.25, 0.3) is 0 Å². The highest BCUT2D eigenvalue weighted by molar-refractivity contribution is 5.88. The van der Waals surface area contributed by atoms with Crippen LogP contribution in [0.5, 0.6) is 0 Å². The third-order valence-electron chi connectivity index (χ3n) is 3.15. The second kappa shape index (κ2) is 5.62. The predicted molar refractivity (Wildman–Crippen MR) is 81.5 cm³/mol. The molecule has 0 atom stereocenters. The van der Waals surface area contributed by atoms with Gasteiger partial charge in [-0.05, 0) is 30.7 Å². The fraction of sp³-hybridized carbons (Fsp3) is 0.0588. The summed E-state index contributed by atoms with van der Waals surface area (Å²) in [5.74, 6) is 5.01. The molecule has 0 unspecified atom stereocenters. The first-order chi connectivity index (χ1) is 10.6. The van der Waals surface area contributed by atoms with Crippen molar-refractivity contribution in [2.75, 3.05) is 0 Å². The monoisotopic (exact) mass is 289 g/mol. The van der Waals surface area contributed by atoms with E-state index in [0.29, 0.717) is 22.3 Å². The number of hydrogen-bond donors (Lipinski definition) is 1. The first-order valence-corrected chi connectivity index (χ1v) is 6.56. The van der Waals surface area contributed by atoms with Crippen molar-refractivity contribution in [3.8, 4) is 11.8 Å². The van der Waals surface area contributed by atoms with E-state index in [-0.39, 0.29) is 5.56 Å². The number of carboxylic acid groups (broad SMARTS) is 1. The molecule has 5 heteroatoms. The minimum atomic E-state index is -0.967. The van der Waals surface area contributed by atoms with Gasteiger partial charge in [0, 0.05) is 29.7 Å². The molecular formula is C17H11N3O2. The summed E-state index contributed by atoms with van der Waals surface area (Å²) >= 11 is 0. The topological polar surface area (TPSA) is 76.0 Å². The number of aromatic carboxylic acids is 1. The number of carbonyl (C=O) groups is 1. The van der Waals surface area contributed by atoms with Crippen LogP contribution in [0.25, 0.3) is 11.2 Å². The Morgan fingerprint density at radius 2 is 1.91 bits per heavy atom. The van der Waals surface area contributed by atoms with Crippen molar-refractivity contribution >= 4 is 17.1 Å². The number of fused-ring (bicyclic) bond motifs is 1. The molecule has 3 aromatic rings. The Balaban J connectivity index is 2.00. The lowest BCUT2D eigenvalue weighted by molar-refractivity contribution is 0.0697. The van der Waals surface area contributed by atoms with E-state index in [1.807, 2.05) is 6.92 Å². The smallest absolute Gasteiger partial charge is 0.335 e. The van der Waals surface area contributed by atoms with Crippen molar-refractivity contribution in [1.29, 1.82) is 0 Å². The molecule has 2 heterocycles. The Morgan fingerprint density at radius 3 is 2.73 bits per heavy atom. The number of aryl methyl sites for hydroxylation is 1. The SMILES string of the molecule is Cc1ccc(C(=O)O)cc1C#Cc1cnc2nccnc2c1. The summed E-state index contributed by atoms with van der Waals surface area (Å²) in [6.45, 7) is 1.89. The number of nitrogens with zero attached hydrogens (tertiary/aromatic N) is 3. The maximum Gasteiger partial charge on any atom is 0.335 e. The quantitative estimate of drug-likeness (QED) is 0.696. The van der Waals surface area contributed by atoms with Crippen molar-refractivity contribution in [3.63, 3.8) is 0 Å². The Labute approximate surface area is 126 Å². The Bertz CT molecular complexity index is 939. The highest BCUT2D eigenvalue weighted by Gasteiger charge is 2.04. The number of carboxylic acids is 1. The molecule has 106 valence electrons. The molecule has 0 fully saturated rings. The molecule has 0 aliphatic rings. The third-order valence-corrected chi connectivity index (χ3v) is 3.15. The average Bonchev–Trinajstić information content (AvgIpc) is 2.53. The Hall–Kier alpha value is -3.26. The van der Waals surface area contributed by atoms with Gasteiger partial charge in [0.2, 0.25) is 0 Å². The maximum absolute atomic E-state index is 11.0. The standard InChI is InChI=1S/C17H11N3O2/c1-11-2-4-14(17(21)22)9-13(11)5-3-12-8-15-16(20-10-12)19-7-6-18-15/h2,4,6-10H,1H3,(H,21,22). The molecule has 0 bridgehead atoms. The molecule has 0 amide bonds. The van der Waals surface area contributed by atoms with Crippen LogP contribution in [-0.2, 0) is 0 Å². The fourth-order valence-corrected chi connectivity index (χ4v) is 1.96. The van der Waals surface area contributed by atoms with Crippen molar-refractivity contribution in [3.05, 3.63) is 65.1 Å². The van der Waals surface area contributed by atoms with E-state index in [4.69, 9.17) is 5.11 Å². The van der Waals surface area contributed by atoms with Crippen LogP contribution in [0.1, 0.15) is 27.0 Å². The molecule has 2 aromatic heterocycles. The van der Waals surface area contributed by atoms with Crippen LogP contribution in [0.4, 0.5) is 0 Å². The third kappa shape index (κ3) is 2.76. The van der Waals surface area contributed by atoms with E-state index >= 15 is 0 Å². The molecule has 0 saturated heterocycles. The largest absolute Gasteiger partial charge is 0.478 e. The van der Waals surface area contributed by atoms with Crippen LogP contribution >= 0.6 is 0 Å². The van der Waals surface area contributed by atoms with Gasteiger partial charge in [-0.1, -0.05) is 17.9 Å². The van der Waals surface area contributed by atoms with Crippen LogP contribution in [0.2, 0.25) is 0 Å². The van der Waals surface area contributed by atoms with Crippen LogP contribution < -0.4 is 0 Å². The second-order valence-electron chi connectivity index (χ2n) is 4.71. The number of benzene rings is 1. The highest BCUT2D eigenvalue weighted by atomic mass is 16.4. The molecule has 0 radical (unpaired) electrons. The summed E-state index contributed by atoms with van der Waals surface area (Å²) in [6.07, 6.45) is 4.81. The lowest BCUT2D eigenvalue weighted by Crippen LogP contribution is -1.97. The maximum atomic E-state index is 11.0. The van der Waals surface area contributed by atoms with Gasteiger partial charge in [-0.2, -0.15) is 0 Å². The summed E-state index contributed by atoms with van der Waals surface area (Å²) in [6, 6.07) is 6.69. The number of rotatable bonds is 1. The Kier molecular flexibility index (Phi) is 3.50. The molecule has 0 spiro atoms. The van der Waals surface area contributed by atoms with Gasteiger partial charge < -0.3 is 5.11 Å². The Morgan fingerprint density at radius 1 is 1.09 bits per heavy atom. The zero-order valence-electron chi connectivity index (χ0n) is 11.7. The van der Waals surface area contributed by atoms with Gasteiger partial charge in [0.05, 0.1) is 5.56 Å². The van der Waals surface area contributed by atoms with Gasteiger partial charge in [-0.25, -0.2) is 14.8 Å². The lowest BCUT2D eigenvalue weighted by atomic mass is 10.1. The summed E-state index contributed by atoms with van der Waals surface area (Å²) < 4.78 is 0. The zero-order valence-corrected chi connectivity index (χ0v) is 11.7. The van der Waals surface area contributed by atoms with Crippen molar-refractivity contribution in [2.45, 2.75) is 6.92 Å². The molecule has 3 rings (SSSR count). The molecule has 0 aliphatic heterocycles. The van der Waals surface area contributed by atoms with E-state index in [2.05, 4.69) is 26.8 Å². The zero-order chi connectivity index (χ0) is 15.5. The number of hydrogen-bond acceptors (Lipinski definition) is 4. The van der Waals surface area contributed by atoms with E-state index in [9.17, 15) is 4.79 Å². The van der Waals surface area contributed by atoms with Gasteiger partial charge in [-0.15, -0.1) is 0 Å². The fourth-order valence-electron chi connectivity index (χ4n) is 1.96. The van der Waals surface area contributed by atoms with Crippen LogP contribution in [0, 0.1) is 18.8 Å². The summed E-state index contributed by atoms with van der Waals surface area (Å²) in [5, 5.41) is 9.03. The molecule has 0 aliphatic carbocycles. The van der Waals surface area contributed by atoms with E-state index in [1.54, 1.807) is 42.9 Å². The van der Waals surface area contributed by atoms with E-state index in [1.165, 1.54) is 0 Å². The summed E-state index contributed by atoms with van der Waals surface area (Å²) in [4.78, 5) is 23.5. The van der Waals surface area contributed by atoms with E-state index < -0.39 is 5.97 Å². The molecule has 5 nitrogen and oxygen atoms in total. The van der Waals surface area contributed by atoms with Crippen molar-refractivity contribution in [1.82, 2.24) is 15.0 Å². The van der Waals surface area contributed by atoms with Gasteiger partial charge in [0.15, 0.2) is 5.65 Å². The van der Waals surface area contributed by atoms with Crippen molar-refractivity contribution in [2.24, 2.45) is 0 Å². The lowest BCUT2D eigenvalue weighted by Gasteiger charge is -2.00. The molecular weight excluding hydrogens is 278 g/mol. The average molecular weight is 289 g/mol. The minimum Gasteiger partial charge on any atom is -0.478 e. The van der Waals surface area contributed by atoms with Crippen LogP contribution in [-0.4, -0.2) is 26.0 Å². The highest BCUT2D eigenvalue weighted by Crippen LogP contribution is 2.11. The van der Waals surface area contributed by atoms with Gasteiger partial charge in [-0.3, -0.25) is 4.98 Å². The molecule has 1 aromatic carbocycles. The molecule has 0 saturated carbocycles. The molecule has 22 heavy (non-hydrogen) atoms. The summed E-state index contributed by atoms with van der Waals surface area (Å²) in [7, 11) is 0. The van der Waals surface area contributed by atoms with E-state index in [0.717, 1.165) is 5.56 Å². The minimum absolute atomic E-state index is 0.220. The number of pyridine rings is 1. The molecule has 1 N–H and O–H groups in total. The normalized spacial score (nSPS) is 10.0. The number of aromatic nitrogens is 3. The van der Waals surface area contributed by atoms with Crippen molar-refractivity contribution < 1.29 is 9.90 Å². The summed E-state index contributed by atoms with van der Waals surface area (Å²) in [5.41, 5.74) is 3.76. The second-order valence-corrected chi connectivity index (χ2v) is 4.71. The first kappa shape index (κ1) is 13.7. The van der Waals surface area contributed by atoms with Crippen LogP contribution in [0.3, 0.4) is 0 Å². The predicted octanol–water partition coefficient (Wildman–Crippen LogP) is 2.43.